The van der Waals surface area contributed by atoms with E-state index in [1.54, 1.807) is 0 Å². The van der Waals surface area contributed by atoms with Crippen LogP contribution in [0.4, 0.5) is 10.5 Å². The average Bonchev–Trinajstić information content (AvgIpc) is 2.49. The summed E-state index contributed by atoms with van der Waals surface area (Å²) in [7, 11) is 0. The third kappa shape index (κ3) is 5.25. The molecule has 5 heteroatoms. The van der Waals surface area contributed by atoms with E-state index in [1.165, 1.54) is 0 Å². The van der Waals surface area contributed by atoms with Gasteiger partial charge < -0.3 is 16.4 Å². The fraction of sp³-hybridized carbons (Fsp3) is 0.562. The highest BCUT2D eigenvalue weighted by Gasteiger charge is 2.25. The number of carbonyl (C=O) groups is 1. The van der Waals surface area contributed by atoms with Gasteiger partial charge in [0.15, 0.2) is 0 Å². The van der Waals surface area contributed by atoms with Gasteiger partial charge in [0.1, 0.15) is 0 Å². The van der Waals surface area contributed by atoms with Gasteiger partial charge in [0.05, 0.1) is 0 Å². The van der Waals surface area contributed by atoms with Crippen LogP contribution in [0, 0.1) is 0 Å². The number of benzene rings is 1. The minimum atomic E-state index is -0.169. The monoisotopic (exact) mass is 309 g/mol. The standard InChI is InChI=1S/C16H27N3OS/c1-5-16(6-2,21-4)11-18-15(20)19-14-9-7-8-13(10-14)12(3)17/h7-10,12H,5-6,11,17H2,1-4H3,(H2,18,19,20). The Balaban J connectivity index is 2.60. The highest BCUT2D eigenvalue weighted by molar-refractivity contribution is 8.00. The number of carbonyl (C=O) groups excluding carboxylic acids is 1. The highest BCUT2D eigenvalue weighted by atomic mass is 32.2. The maximum absolute atomic E-state index is 12.0. The van der Waals surface area contributed by atoms with E-state index < -0.39 is 0 Å². The van der Waals surface area contributed by atoms with E-state index in [1.807, 2.05) is 43.0 Å². The minimum Gasteiger partial charge on any atom is -0.336 e. The summed E-state index contributed by atoms with van der Waals surface area (Å²) in [5.74, 6) is 0. The van der Waals surface area contributed by atoms with E-state index in [-0.39, 0.29) is 16.8 Å². The minimum absolute atomic E-state index is 0.0425. The van der Waals surface area contributed by atoms with Crippen LogP contribution in [-0.2, 0) is 0 Å². The molecule has 4 N–H and O–H groups in total. The molecule has 0 aromatic heterocycles. The average molecular weight is 309 g/mol. The third-order valence-electron chi connectivity index (χ3n) is 3.96. The second-order valence-electron chi connectivity index (χ2n) is 5.32. The number of hydrogen-bond donors (Lipinski definition) is 3. The lowest BCUT2D eigenvalue weighted by atomic mass is 10.0. The van der Waals surface area contributed by atoms with Crippen LogP contribution in [-0.4, -0.2) is 23.6 Å². The summed E-state index contributed by atoms with van der Waals surface area (Å²) >= 11 is 1.81. The van der Waals surface area contributed by atoms with E-state index in [9.17, 15) is 4.79 Å². The van der Waals surface area contributed by atoms with Crippen LogP contribution < -0.4 is 16.4 Å². The van der Waals surface area contributed by atoms with Gasteiger partial charge in [-0.1, -0.05) is 26.0 Å². The topological polar surface area (TPSA) is 67.2 Å². The van der Waals surface area contributed by atoms with Gasteiger partial charge in [0.25, 0.3) is 0 Å². The third-order valence-corrected chi connectivity index (χ3v) is 5.55. The molecule has 21 heavy (non-hydrogen) atoms. The van der Waals surface area contributed by atoms with Crippen LogP contribution in [0.15, 0.2) is 24.3 Å². The highest BCUT2D eigenvalue weighted by Crippen LogP contribution is 2.29. The Kier molecular flexibility index (Phi) is 7.05. The van der Waals surface area contributed by atoms with Crippen LogP contribution in [0.25, 0.3) is 0 Å². The number of anilines is 1. The number of thioether (sulfide) groups is 1. The van der Waals surface area contributed by atoms with Gasteiger partial charge in [-0.15, -0.1) is 0 Å². The molecule has 0 radical (unpaired) electrons. The SMILES string of the molecule is CCC(CC)(CNC(=O)Nc1cccc(C(C)N)c1)SC. The molecule has 118 valence electrons. The van der Waals surface area contributed by atoms with E-state index >= 15 is 0 Å². The number of nitrogens with two attached hydrogens (primary N) is 1. The van der Waals surface area contributed by atoms with E-state index in [4.69, 9.17) is 5.73 Å². The molecule has 0 spiro atoms. The van der Waals surface area contributed by atoms with Crippen molar-refractivity contribution in [1.29, 1.82) is 0 Å². The molecule has 1 aromatic rings. The van der Waals surface area contributed by atoms with Crippen molar-refractivity contribution in [2.45, 2.75) is 44.4 Å². The van der Waals surface area contributed by atoms with Crippen molar-refractivity contribution >= 4 is 23.5 Å². The van der Waals surface area contributed by atoms with Gasteiger partial charge in [0.2, 0.25) is 0 Å². The summed E-state index contributed by atoms with van der Waals surface area (Å²) in [6.07, 6.45) is 4.16. The number of hydrogen-bond acceptors (Lipinski definition) is 3. The number of amides is 2. The molecule has 0 fully saturated rings. The smallest absolute Gasteiger partial charge is 0.319 e. The molecular formula is C16H27N3OS. The maximum atomic E-state index is 12.0. The molecular weight excluding hydrogens is 282 g/mol. The predicted octanol–water partition coefficient (Wildman–Crippen LogP) is 3.75. The summed E-state index contributed by atoms with van der Waals surface area (Å²) < 4.78 is 0.116. The number of nitrogens with one attached hydrogen (secondary N) is 2. The fourth-order valence-corrected chi connectivity index (χ4v) is 2.97. The largest absolute Gasteiger partial charge is 0.336 e. The van der Waals surface area contributed by atoms with Crippen LogP contribution in [0.3, 0.4) is 0 Å². The summed E-state index contributed by atoms with van der Waals surface area (Å²) in [4.78, 5) is 12.0. The first-order valence-electron chi connectivity index (χ1n) is 7.42. The first-order chi connectivity index (χ1) is 9.96. The Morgan fingerprint density at radius 1 is 1.38 bits per heavy atom. The molecule has 0 aliphatic rings. The molecule has 0 saturated heterocycles. The van der Waals surface area contributed by atoms with Crippen LogP contribution in [0.2, 0.25) is 0 Å². The van der Waals surface area contributed by atoms with Crippen molar-refractivity contribution in [3.63, 3.8) is 0 Å². The zero-order valence-electron chi connectivity index (χ0n) is 13.4. The lowest BCUT2D eigenvalue weighted by Gasteiger charge is -2.29. The molecule has 1 unspecified atom stereocenters. The Morgan fingerprint density at radius 2 is 2.05 bits per heavy atom. The lowest BCUT2D eigenvalue weighted by Crippen LogP contribution is -2.41. The number of rotatable bonds is 7. The van der Waals surface area contributed by atoms with E-state index in [0.717, 1.165) is 24.1 Å². The van der Waals surface area contributed by atoms with Crippen molar-refractivity contribution in [1.82, 2.24) is 5.32 Å². The van der Waals surface area contributed by atoms with Gasteiger partial charge in [-0.2, -0.15) is 11.8 Å². The Hall–Kier alpha value is -1.20. The van der Waals surface area contributed by atoms with Crippen molar-refractivity contribution in [2.24, 2.45) is 5.73 Å². The summed E-state index contributed by atoms with van der Waals surface area (Å²) in [5, 5.41) is 5.84. The van der Waals surface area contributed by atoms with Crippen molar-refractivity contribution in [2.75, 3.05) is 18.1 Å². The Labute approximate surface area is 132 Å². The van der Waals surface area contributed by atoms with Gasteiger partial charge in [-0.3, -0.25) is 0 Å². The maximum Gasteiger partial charge on any atom is 0.319 e. The van der Waals surface area contributed by atoms with Crippen molar-refractivity contribution < 1.29 is 4.79 Å². The van der Waals surface area contributed by atoms with Crippen molar-refractivity contribution in [3.8, 4) is 0 Å². The summed E-state index contributed by atoms with van der Waals surface area (Å²) in [6, 6.07) is 7.43. The molecule has 0 saturated carbocycles. The quantitative estimate of drug-likeness (QED) is 0.718. The lowest BCUT2D eigenvalue weighted by molar-refractivity contribution is 0.250. The fourth-order valence-electron chi connectivity index (χ4n) is 2.18. The molecule has 1 aromatic carbocycles. The second kappa shape index (κ2) is 8.29. The van der Waals surface area contributed by atoms with Crippen molar-refractivity contribution in [3.05, 3.63) is 29.8 Å². The van der Waals surface area contributed by atoms with Gasteiger partial charge >= 0.3 is 6.03 Å². The molecule has 0 heterocycles. The van der Waals surface area contributed by atoms with Crippen LogP contribution in [0.5, 0.6) is 0 Å². The molecule has 4 nitrogen and oxygen atoms in total. The Bertz CT molecular complexity index is 450. The normalized spacial score (nSPS) is 12.8. The zero-order valence-corrected chi connectivity index (χ0v) is 14.2. The van der Waals surface area contributed by atoms with Gasteiger partial charge in [-0.25, -0.2) is 4.79 Å². The number of urea groups is 1. The van der Waals surface area contributed by atoms with E-state index in [0.29, 0.717) is 6.54 Å². The molecule has 0 aliphatic heterocycles. The van der Waals surface area contributed by atoms with E-state index in [2.05, 4.69) is 30.7 Å². The molecule has 2 amide bonds. The summed E-state index contributed by atoms with van der Waals surface area (Å²) in [5.41, 5.74) is 7.63. The Morgan fingerprint density at radius 3 is 2.57 bits per heavy atom. The molecule has 0 aliphatic carbocycles. The second-order valence-corrected chi connectivity index (χ2v) is 6.59. The summed E-state index contributed by atoms with van der Waals surface area (Å²) in [6.45, 7) is 6.91. The van der Waals surface area contributed by atoms with Gasteiger partial charge in [-0.05, 0) is 43.7 Å². The zero-order chi connectivity index (χ0) is 15.9. The van der Waals surface area contributed by atoms with Gasteiger partial charge in [0, 0.05) is 23.0 Å². The van der Waals surface area contributed by atoms with Crippen LogP contribution >= 0.6 is 11.8 Å². The predicted molar refractivity (Wildman–Crippen MR) is 92.9 cm³/mol. The molecule has 0 bridgehead atoms. The first kappa shape index (κ1) is 17.9. The molecule has 1 rings (SSSR count). The first-order valence-corrected chi connectivity index (χ1v) is 8.64. The van der Waals surface area contributed by atoms with Crippen LogP contribution in [0.1, 0.15) is 45.2 Å². The molecule has 1 atom stereocenters.